The van der Waals surface area contributed by atoms with E-state index in [1.807, 2.05) is 13.8 Å². The molecule has 0 saturated carbocycles. The maximum Gasteiger partial charge on any atom is 0.111 e. The highest BCUT2D eigenvalue weighted by Gasteiger charge is 2.10. The zero-order valence-corrected chi connectivity index (χ0v) is 9.43. The van der Waals surface area contributed by atoms with Crippen molar-refractivity contribution in [2.75, 3.05) is 5.88 Å². The van der Waals surface area contributed by atoms with E-state index in [0.717, 1.165) is 17.1 Å². The lowest BCUT2D eigenvalue weighted by Crippen LogP contribution is -1.84. The monoisotopic (exact) mass is 223 g/mol. The van der Waals surface area contributed by atoms with Crippen molar-refractivity contribution in [1.82, 2.24) is 4.98 Å². The Bertz CT molecular complexity index is 258. The number of hydrogen-bond acceptors (Lipinski definition) is 2. The second-order valence-electron chi connectivity index (χ2n) is 2.62. The van der Waals surface area contributed by atoms with Crippen molar-refractivity contribution in [2.24, 2.45) is 0 Å². The van der Waals surface area contributed by atoms with Gasteiger partial charge in [0.2, 0.25) is 0 Å². The van der Waals surface area contributed by atoms with Crippen molar-refractivity contribution in [2.45, 2.75) is 25.6 Å². The van der Waals surface area contributed by atoms with Gasteiger partial charge >= 0.3 is 0 Å². The van der Waals surface area contributed by atoms with Gasteiger partial charge in [0.1, 0.15) is 5.01 Å². The molecule has 0 aliphatic heterocycles. The van der Waals surface area contributed by atoms with Crippen LogP contribution in [-0.2, 0) is 6.42 Å². The molecular formula is C8H11Cl2NS. The van der Waals surface area contributed by atoms with E-state index in [-0.39, 0.29) is 5.38 Å². The molecule has 1 nitrogen and oxygen atoms in total. The van der Waals surface area contributed by atoms with Crippen molar-refractivity contribution in [1.29, 1.82) is 0 Å². The summed E-state index contributed by atoms with van der Waals surface area (Å²) in [5.41, 5.74) is 1.07. The quantitative estimate of drug-likeness (QED) is 0.715. The summed E-state index contributed by atoms with van der Waals surface area (Å²) in [5, 5.41) is 1.01. The zero-order valence-electron chi connectivity index (χ0n) is 7.10. The molecule has 4 heteroatoms. The molecule has 68 valence electrons. The van der Waals surface area contributed by atoms with Crippen LogP contribution in [-0.4, -0.2) is 10.9 Å². The third-order valence-corrected chi connectivity index (χ3v) is 3.50. The van der Waals surface area contributed by atoms with Gasteiger partial charge in [-0.2, -0.15) is 0 Å². The fraction of sp³-hybridized carbons (Fsp3) is 0.625. The summed E-state index contributed by atoms with van der Waals surface area (Å²) in [6, 6.07) is 0. The summed E-state index contributed by atoms with van der Waals surface area (Å²) in [6.07, 6.45) is 0.897. The fourth-order valence-electron chi connectivity index (χ4n) is 0.938. The summed E-state index contributed by atoms with van der Waals surface area (Å²) in [7, 11) is 0. The normalized spacial score (nSPS) is 13.3. The third-order valence-electron chi connectivity index (χ3n) is 1.57. The molecule has 1 unspecified atom stereocenters. The first-order valence-corrected chi connectivity index (χ1v) is 5.60. The third kappa shape index (κ3) is 2.35. The predicted octanol–water partition coefficient (Wildman–Crippen LogP) is 3.53. The number of halogens is 2. The Hall–Kier alpha value is 0.210. The minimum atomic E-state index is 0.0118. The number of hydrogen-bond donors (Lipinski definition) is 0. The van der Waals surface area contributed by atoms with Crippen LogP contribution in [0.5, 0.6) is 0 Å². The van der Waals surface area contributed by atoms with Gasteiger partial charge in [0, 0.05) is 10.8 Å². The SMILES string of the molecule is Cc1nc(C(C)Cl)sc1CCCl. The van der Waals surface area contributed by atoms with Crippen LogP contribution in [0.25, 0.3) is 0 Å². The van der Waals surface area contributed by atoms with Crippen molar-refractivity contribution < 1.29 is 0 Å². The van der Waals surface area contributed by atoms with E-state index in [1.165, 1.54) is 4.88 Å². The molecule has 1 aromatic rings. The lowest BCUT2D eigenvalue weighted by atomic mass is 10.3. The second kappa shape index (κ2) is 4.45. The maximum absolute atomic E-state index is 5.90. The van der Waals surface area contributed by atoms with Crippen LogP contribution in [0, 0.1) is 6.92 Å². The summed E-state index contributed by atoms with van der Waals surface area (Å²) in [4.78, 5) is 5.61. The molecule has 0 bridgehead atoms. The molecule has 0 fully saturated rings. The van der Waals surface area contributed by atoms with Crippen LogP contribution in [0.3, 0.4) is 0 Å². The van der Waals surface area contributed by atoms with Gasteiger partial charge < -0.3 is 0 Å². The Labute approximate surface area is 86.7 Å². The van der Waals surface area contributed by atoms with E-state index >= 15 is 0 Å². The van der Waals surface area contributed by atoms with E-state index in [9.17, 15) is 0 Å². The van der Waals surface area contributed by atoms with Gasteiger partial charge in [0.05, 0.1) is 11.1 Å². The van der Waals surface area contributed by atoms with Crippen molar-refractivity contribution >= 4 is 34.5 Å². The molecule has 0 radical (unpaired) electrons. The summed E-state index contributed by atoms with van der Waals surface area (Å²) in [5.74, 6) is 0.652. The molecule has 1 atom stereocenters. The molecule has 0 aromatic carbocycles. The zero-order chi connectivity index (χ0) is 9.14. The Morgan fingerprint density at radius 2 is 2.25 bits per heavy atom. The number of rotatable bonds is 3. The first-order valence-electron chi connectivity index (χ1n) is 3.81. The highest BCUT2D eigenvalue weighted by molar-refractivity contribution is 7.12. The fourth-order valence-corrected chi connectivity index (χ4v) is 2.42. The van der Waals surface area contributed by atoms with Gasteiger partial charge in [-0.05, 0) is 20.3 Å². The number of aromatic nitrogens is 1. The molecule has 0 amide bonds. The highest BCUT2D eigenvalue weighted by atomic mass is 35.5. The molecule has 12 heavy (non-hydrogen) atoms. The van der Waals surface area contributed by atoms with Gasteiger partial charge in [0.15, 0.2) is 0 Å². The molecule has 1 aromatic heterocycles. The molecular weight excluding hydrogens is 213 g/mol. The molecule has 0 saturated heterocycles. The molecule has 0 aliphatic rings. The Morgan fingerprint density at radius 1 is 1.58 bits per heavy atom. The number of alkyl halides is 2. The molecule has 0 aliphatic carbocycles. The molecule has 0 N–H and O–H groups in total. The van der Waals surface area contributed by atoms with Crippen molar-refractivity contribution in [3.63, 3.8) is 0 Å². The van der Waals surface area contributed by atoms with Crippen LogP contribution >= 0.6 is 34.5 Å². The summed E-state index contributed by atoms with van der Waals surface area (Å²) < 4.78 is 0. The lowest BCUT2D eigenvalue weighted by Gasteiger charge is -1.92. The maximum atomic E-state index is 5.90. The van der Waals surface area contributed by atoms with E-state index in [4.69, 9.17) is 23.2 Å². The lowest BCUT2D eigenvalue weighted by molar-refractivity contribution is 1.02. The van der Waals surface area contributed by atoms with Crippen LogP contribution in [0.1, 0.15) is 27.9 Å². The van der Waals surface area contributed by atoms with Gasteiger partial charge in [-0.15, -0.1) is 34.5 Å². The number of aryl methyl sites for hydroxylation is 2. The minimum Gasteiger partial charge on any atom is -0.245 e. The second-order valence-corrected chi connectivity index (χ2v) is 4.76. The minimum absolute atomic E-state index is 0.0118. The standard InChI is InChI=1S/C8H11Cl2NS/c1-5(10)8-11-6(2)7(12-8)3-4-9/h5H,3-4H2,1-2H3. The smallest absolute Gasteiger partial charge is 0.111 e. The molecule has 0 spiro atoms. The van der Waals surface area contributed by atoms with Gasteiger partial charge in [-0.1, -0.05) is 0 Å². The average molecular weight is 224 g/mol. The Morgan fingerprint density at radius 3 is 2.67 bits per heavy atom. The number of nitrogens with zero attached hydrogens (tertiary/aromatic N) is 1. The van der Waals surface area contributed by atoms with Crippen LogP contribution < -0.4 is 0 Å². The number of thiazole rings is 1. The van der Waals surface area contributed by atoms with E-state index in [2.05, 4.69) is 4.98 Å². The van der Waals surface area contributed by atoms with Gasteiger partial charge in [-0.3, -0.25) is 0 Å². The predicted molar refractivity (Wildman–Crippen MR) is 55.5 cm³/mol. The van der Waals surface area contributed by atoms with Gasteiger partial charge in [0.25, 0.3) is 0 Å². The Balaban J connectivity index is 2.85. The van der Waals surface area contributed by atoms with E-state index in [0.29, 0.717) is 5.88 Å². The first kappa shape index (κ1) is 10.3. The largest absolute Gasteiger partial charge is 0.245 e. The first-order chi connectivity index (χ1) is 5.65. The van der Waals surface area contributed by atoms with E-state index in [1.54, 1.807) is 11.3 Å². The van der Waals surface area contributed by atoms with Crippen molar-refractivity contribution in [3.8, 4) is 0 Å². The average Bonchev–Trinajstić information content (AvgIpc) is 2.34. The topological polar surface area (TPSA) is 12.9 Å². The highest BCUT2D eigenvalue weighted by Crippen LogP contribution is 2.27. The van der Waals surface area contributed by atoms with Crippen LogP contribution in [0.2, 0.25) is 0 Å². The van der Waals surface area contributed by atoms with Gasteiger partial charge in [-0.25, -0.2) is 4.98 Å². The molecule has 1 rings (SSSR count). The molecule has 1 heterocycles. The van der Waals surface area contributed by atoms with E-state index < -0.39 is 0 Å². The Kier molecular flexibility index (Phi) is 3.81. The van der Waals surface area contributed by atoms with Crippen LogP contribution in [0.15, 0.2) is 0 Å². The van der Waals surface area contributed by atoms with Crippen molar-refractivity contribution in [3.05, 3.63) is 15.6 Å². The van der Waals surface area contributed by atoms with Crippen LogP contribution in [0.4, 0.5) is 0 Å². The summed E-state index contributed by atoms with van der Waals surface area (Å²) >= 11 is 13.2. The summed E-state index contributed by atoms with van der Waals surface area (Å²) in [6.45, 7) is 3.94.